The normalized spacial score (nSPS) is 14.9. The summed E-state index contributed by atoms with van der Waals surface area (Å²) >= 11 is 0. The lowest BCUT2D eigenvalue weighted by molar-refractivity contribution is -0.384. The molecule has 1 aliphatic rings. The van der Waals surface area contributed by atoms with Gasteiger partial charge in [-0.2, -0.15) is 13.2 Å². The van der Waals surface area contributed by atoms with Crippen LogP contribution in [0.3, 0.4) is 0 Å². The summed E-state index contributed by atoms with van der Waals surface area (Å²) in [5.41, 5.74) is -0.277. The number of carbonyl (C=O) groups is 1. The third-order valence-electron chi connectivity index (χ3n) is 4.85. The van der Waals surface area contributed by atoms with Gasteiger partial charge in [0.15, 0.2) is 0 Å². The highest BCUT2D eigenvalue weighted by atomic mass is 19.4. The molecular formula is C20H20F3N3O3. The molecule has 2 aromatic rings. The fourth-order valence-electron chi connectivity index (χ4n) is 3.34. The average molecular weight is 407 g/mol. The molecular weight excluding hydrogens is 387 g/mol. The van der Waals surface area contributed by atoms with Crippen molar-refractivity contribution in [2.24, 2.45) is 0 Å². The standard InChI is InChI=1S/C20H20F3N3O3/c21-20(22,23)15-6-8-16(9-7-15)24-19(27)14-5-10-17(18(13-14)26(28)29)25-11-3-1-2-4-12-25/h5-10,13H,1-4,11-12H2,(H,24,27). The van der Waals surface area contributed by atoms with E-state index in [9.17, 15) is 28.1 Å². The van der Waals surface area contributed by atoms with Crippen LogP contribution in [0.1, 0.15) is 41.6 Å². The van der Waals surface area contributed by atoms with E-state index in [1.807, 2.05) is 4.90 Å². The smallest absolute Gasteiger partial charge is 0.366 e. The number of halogens is 3. The molecule has 1 saturated heterocycles. The first-order chi connectivity index (χ1) is 13.8. The first-order valence-corrected chi connectivity index (χ1v) is 9.28. The van der Waals surface area contributed by atoms with Crippen molar-refractivity contribution in [3.8, 4) is 0 Å². The molecule has 0 radical (unpaired) electrons. The van der Waals surface area contributed by atoms with Gasteiger partial charge in [-0.05, 0) is 49.2 Å². The third kappa shape index (κ3) is 5.04. The van der Waals surface area contributed by atoms with Gasteiger partial charge in [-0.1, -0.05) is 12.8 Å². The first kappa shape index (κ1) is 20.6. The van der Waals surface area contributed by atoms with Gasteiger partial charge in [0.25, 0.3) is 11.6 Å². The van der Waals surface area contributed by atoms with Crippen LogP contribution in [0.15, 0.2) is 42.5 Å². The summed E-state index contributed by atoms with van der Waals surface area (Å²) in [5.74, 6) is -0.629. The monoisotopic (exact) mass is 407 g/mol. The molecule has 1 heterocycles. The van der Waals surface area contributed by atoms with Gasteiger partial charge in [0.2, 0.25) is 0 Å². The predicted molar refractivity (Wildman–Crippen MR) is 103 cm³/mol. The number of amides is 1. The van der Waals surface area contributed by atoms with E-state index in [0.29, 0.717) is 5.69 Å². The van der Waals surface area contributed by atoms with E-state index in [1.54, 1.807) is 6.07 Å². The molecule has 3 rings (SSSR count). The maximum absolute atomic E-state index is 12.6. The number of alkyl halides is 3. The molecule has 0 bridgehead atoms. The molecule has 9 heteroatoms. The number of benzene rings is 2. The number of hydrogen-bond acceptors (Lipinski definition) is 4. The van der Waals surface area contributed by atoms with E-state index in [4.69, 9.17) is 0 Å². The summed E-state index contributed by atoms with van der Waals surface area (Å²) < 4.78 is 37.9. The van der Waals surface area contributed by atoms with E-state index >= 15 is 0 Å². The Balaban J connectivity index is 1.80. The van der Waals surface area contributed by atoms with Crippen molar-refractivity contribution in [2.75, 3.05) is 23.3 Å². The van der Waals surface area contributed by atoms with E-state index < -0.39 is 22.6 Å². The number of nitrogens with zero attached hydrogens (tertiary/aromatic N) is 2. The van der Waals surface area contributed by atoms with Crippen LogP contribution in [0.5, 0.6) is 0 Å². The Morgan fingerprint density at radius 3 is 2.17 bits per heavy atom. The zero-order valence-corrected chi connectivity index (χ0v) is 15.5. The highest BCUT2D eigenvalue weighted by Crippen LogP contribution is 2.32. The van der Waals surface area contributed by atoms with Gasteiger partial charge in [0.1, 0.15) is 5.69 Å². The Hall–Kier alpha value is -3.10. The predicted octanol–water partition coefficient (Wildman–Crippen LogP) is 5.25. The second kappa shape index (κ2) is 8.50. The molecule has 1 N–H and O–H groups in total. The summed E-state index contributed by atoms with van der Waals surface area (Å²) in [6.45, 7) is 1.44. The van der Waals surface area contributed by atoms with Gasteiger partial charge >= 0.3 is 6.18 Å². The molecule has 0 atom stereocenters. The highest BCUT2D eigenvalue weighted by Gasteiger charge is 2.30. The fraction of sp³-hybridized carbons (Fsp3) is 0.350. The lowest BCUT2D eigenvalue weighted by Crippen LogP contribution is -2.25. The Labute approximate surface area is 165 Å². The van der Waals surface area contributed by atoms with Crippen LogP contribution in [-0.4, -0.2) is 23.9 Å². The minimum Gasteiger partial charge on any atom is -0.366 e. The molecule has 1 fully saturated rings. The first-order valence-electron chi connectivity index (χ1n) is 9.28. The molecule has 0 aliphatic carbocycles. The number of rotatable bonds is 4. The van der Waals surface area contributed by atoms with Gasteiger partial charge < -0.3 is 10.2 Å². The van der Waals surface area contributed by atoms with Gasteiger partial charge in [-0.25, -0.2) is 0 Å². The van der Waals surface area contributed by atoms with Crippen molar-refractivity contribution in [1.29, 1.82) is 0 Å². The zero-order chi connectivity index (χ0) is 21.0. The average Bonchev–Trinajstić information content (AvgIpc) is 2.96. The third-order valence-corrected chi connectivity index (χ3v) is 4.85. The number of nitro benzene ring substituents is 1. The van der Waals surface area contributed by atoms with Crippen molar-refractivity contribution in [1.82, 2.24) is 0 Å². The maximum Gasteiger partial charge on any atom is 0.416 e. The summed E-state index contributed by atoms with van der Waals surface area (Å²) in [7, 11) is 0. The van der Waals surface area contributed by atoms with E-state index in [0.717, 1.165) is 63.0 Å². The molecule has 0 saturated carbocycles. The SMILES string of the molecule is O=C(Nc1ccc(C(F)(F)F)cc1)c1ccc(N2CCCCCC2)c([N+](=O)[O-])c1. The van der Waals surface area contributed by atoms with E-state index in [1.165, 1.54) is 12.1 Å². The van der Waals surface area contributed by atoms with Crippen LogP contribution in [-0.2, 0) is 6.18 Å². The molecule has 0 spiro atoms. The molecule has 29 heavy (non-hydrogen) atoms. The fourth-order valence-corrected chi connectivity index (χ4v) is 3.34. The lowest BCUT2D eigenvalue weighted by atomic mass is 10.1. The molecule has 1 amide bonds. The van der Waals surface area contributed by atoms with Crippen molar-refractivity contribution < 1.29 is 22.9 Å². The quantitative estimate of drug-likeness (QED) is 0.555. The second-order valence-electron chi connectivity index (χ2n) is 6.89. The summed E-state index contributed by atoms with van der Waals surface area (Å²) in [4.78, 5) is 25.4. The van der Waals surface area contributed by atoms with Gasteiger partial charge in [0.05, 0.1) is 10.5 Å². The minimum absolute atomic E-state index is 0.0650. The van der Waals surface area contributed by atoms with Crippen molar-refractivity contribution >= 4 is 23.0 Å². The molecule has 1 aliphatic heterocycles. The molecule has 2 aromatic carbocycles. The summed E-state index contributed by atoms with van der Waals surface area (Å²) in [5, 5.41) is 14.0. The Morgan fingerprint density at radius 1 is 1.00 bits per heavy atom. The Morgan fingerprint density at radius 2 is 1.62 bits per heavy atom. The van der Waals surface area contributed by atoms with Crippen LogP contribution in [0.2, 0.25) is 0 Å². The largest absolute Gasteiger partial charge is 0.416 e. The number of hydrogen-bond donors (Lipinski definition) is 1. The van der Waals surface area contributed by atoms with Crippen molar-refractivity contribution in [3.63, 3.8) is 0 Å². The van der Waals surface area contributed by atoms with Crippen LogP contribution in [0.25, 0.3) is 0 Å². The topological polar surface area (TPSA) is 75.5 Å². The molecule has 0 aromatic heterocycles. The molecule has 154 valence electrons. The van der Waals surface area contributed by atoms with E-state index in [2.05, 4.69) is 5.32 Å². The number of nitrogens with one attached hydrogen (secondary N) is 1. The van der Waals surface area contributed by atoms with Crippen LogP contribution < -0.4 is 10.2 Å². The van der Waals surface area contributed by atoms with Crippen molar-refractivity contribution in [2.45, 2.75) is 31.9 Å². The zero-order valence-electron chi connectivity index (χ0n) is 15.5. The summed E-state index contributed by atoms with van der Waals surface area (Å²) in [6.07, 6.45) is -0.400. The summed E-state index contributed by atoms with van der Waals surface area (Å²) in [6, 6.07) is 8.26. The Bertz CT molecular complexity index is 890. The second-order valence-corrected chi connectivity index (χ2v) is 6.89. The van der Waals surface area contributed by atoms with E-state index in [-0.39, 0.29) is 16.9 Å². The number of anilines is 2. The van der Waals surface area contributed by atoms with Crippen LogP contribution in [0, 0.1) is 10.1 Å². The van der Waals surface area contributed by atoms with Gasteiger partial charge in [0, 0.05) is 30.4 Å². The van der Waals surface area contributed by atoms with Crippen LogP contribution in [0.4, 0.5) is 30.2 Å². The van der Waals surface area contributed by atoms with Gasteiger partial charge in [-0.3, -0.25) is 14.9 Å². The van der Waals surface area contributed by atoms with Gasteiger partial charge in [-0.15, -0.1) is 0 Å². The number of carbonyl (C=O) groups excluding carboxylic acids is 1. The molecule has 0 unspecified atom stereocenters. The number of nitro groups is 1. The molecule has 6 nitrogen and oxygen atoms in total. The maximum atomic E-state index is 12.6. The highest BCUT2D eigenvalue weighted by molar-refractivity contribution is 6.05. The van der Waals surface area contributed by atoms with Crippen molar-refractivity contribution in [3.05, 3.63) is 63.7 Å². The minimum atomic E-state index is -4.47. The Kier molecular flexibility index (Phi) is 6.05. The van der Waals surface area contributed by atoms with Crippen LogP contribution >= 0.6 is 0 Å². The lowest BCUT2D eigenvalue weighted by Gasteiger charge is -2.22.